The molecule has 5 nitrogen and oxygen atoms in total. The van der Waals surface area contributed by atoms with Crippen LogP contribution < -0.4 is 0 Å². The minimum absolute atomic E-state index is 0.0311. The van der Waals surface area contributed by atoms with Crippen molar-refractivity contribution in [3.8, 4) is 0 Å². The molecule has 4 rings (SSSR count). The van der Waals surface area contributed by atoms with Gasteiger partial charge in [0, 0.05) is 32.3 Å². The lowest BCUT2D eigenvalue weighted by Crippen LogP contribution is -2.50. The number of piperidine rings is 1. The Morgan fingerprint density at radius 2 is 1.77 bits per heavy atom. The SMILES string of the molecule is COCCN1C(=O)c2ccccc2C(C(=O)N2CCC(C)CC2)C1c1ccc(F)cc1. The molecule has 0 aliphatic carbocycles. The number of hydrogen-bond donors (Lipinski definition) is 0. The third-order valence-corrected chi connectivity index (χ3v) is 6.55. The first-order chi connectivity index (χ1) is 15.0. The number of rotatable bonds is 5. The van der Waals surface area contributed by atoms with Gasteiger partial charge < -0.3 is 14.5 Å². The van der Waals surface area contributed by atoms with Crippen molar-refractivity contribution in [2.75, 3.05) is 33.4 Å². The highest BCUT2D eigenvalue weighted by molar-refractivity contribution is 6.01. The van der Waals surface area contributed by atoms with Gasteiger partial charge in [0.1, 0.15) is 5.82 Å². The van der Waals surface area contributed by atoms with E-state index in [1.54, 1.807) is 30.2 Å². The molecule has 164 valence electrons. The summed E-state index contributed by atoms with van der Waals surface area (Å²) in [6.07, 6.45) is 1.96. The van der Waals surface area contributed by atoms with E-state index < -0.39 is 12.0 Å². The molecule has 2 aromatic carbocycles. The minimum Gasteiger partial charge on any atom is -0.383 e. The van der Waals surface area contributed by atoms with Gasteiger partial charge >= 0.3 is 0 Å². The van der Waals surface area contributed by atoms with Gasteiger partial charge in [-0.2, -0.15) is 0 Å². The number of nitrogens with zero attached hydrogens (tertiary/aromatic N) is 2. The van der Waals surface area contributed by atoms with E-state index in [-0.39, 0.29) is 17.6 Å². The van der Waals surface area contributed by atoms with Crippen molar-refractivity contribution in [3.05, 3.63) is 71.0 Å². The zero-order chi connectivity index (χ0) is 22.0. The topological polar surface area (TPSA) is 49.9 Å². The van der Waals surface area contributed by atoms with Crippen molar-refractivity contribution in [1.29, 1.82) is 0 Å². The second-order valence-corrected chi connectivity index (χ2v) is 8.56. The minimum atomic E-state index is -0.537. The molecule has 0 spiro atoms. The van der Waals surface area contributed by atoms with E-state index in [4.69, 9.17) is 4.74 Å². The van der Waals surface area contributed by atoms with E-state index in [2.05, 4.69) is 6.92 Å². The molecule has 2 heterocycles. The van der Waals surface area contributed by atoms with Crippen LogP contribution in [0.1, 0.15) is 53.2 Å². The van der Waals surface area contributed by atoms with Crippen LogP contribution in [0.3, 0.4) is 0 Å². The van der Waals surface area contributed by atoms with E-state index in [0.29, 0.717) is 24.6 Å². The van der Waals surface area contributed by atoms with Crippen molar-refractivity contribution >= 4 is 11.8 Å². The fraction of sp³-hybridized carbons (Fsp3) is 0.440. The van der Waals surface area contributed by atoms with Crippen molar-refractivity contribution in [2.45, 2.75) is 31.7 Å². The van der Waals surface area contributed by atoms with Gasteiger partial charge in [0.25, 0.3) is 5.91 Å². The van der Waals surface area contributed by atoms with Crippen LogP contribution in [0.25, 0.3) is 0 Å². The van der Waals surface area contributed by atoms with Gasteiger partial charge in [0.15, 0.2) is 0 Å². The van der Waals surface area contributed by atoms with Crippen LogP contribution in [-0.4, -0.2) is 55.0 Å². The predicted octanol–water partition coefficient (Wildman–Crippen LogP) is 4.01. The first-order valence-electron chi connectivity index (χ1n) is 10.9. The highest BCUT2D eigenvalue weighted by Crippen LogP contribution is 2.44. The molecule has 0 bridgehead atoms. The highest BCUT2D eigenvalue weighted by Gasteiger charge is 2.45. The van der Waals surface area contributed by atoms with Crippen LogP contribution in [0.5, 0.6) is 0 Å². The predicted molar refractivity (Wildman–Crippen MR) is 116 cm³/mol. The number of benzene rings is 2. The van der Waals surface area contributed by atoms with Crippen LogP contribution in [0.2, 0.25) is 0 Å². The Bertz CT molecular complexity index is 938. The number of halogens is 1. The summed E-state index contributed by atoms with van der Waals surface area (Å²) < 4.78 is 18.9. The third kappa shape index (κ3) is 4.22. The summed E-state index contributed by atoms with van der Waals surface area (Å²) >= 11 is 0. The number of hydrogen-bond acceptors (Lipinski definition) is 3. The van der Waals surface area contributed by atoms with Gasteiger partial charge in [0.2, 0.25) is 5.91 Å². The quantitative estimate of drug-likeness (QED) is 0.729. The van der Waals surface area contributed by atoms with Crippen molar-refractivity contribution in [1.82, 2.24) is 9.80 Å². The Kier molecular flexibility index (Phi) is 6.37. The molecule has 0 N–H and O–H groups in total. The number of carbonyl (C=O) groups is 2. The number of fused-ring (bicyclic) bond motifs is 1. The first-order valence-corrected chi connectivity index (χ1v) is 10.9. The largest absolute Gasteiger partial charge is 0.383 e. The van der Waals surface area contributed by atoms with Gasteiger partial charge in [0.05, 0.1) is 18.6 Å². The first kappa shape index (κ1) is 21.5. The van der Waals surface area contributed by atoms with E-state index in [9.17, 15) is 14.0 Å². The Balaban J connectivity index is 1.81. The Labute approximate surface area is 182 Å². The van der Waals surface area contributed by atoms with Crippen LogP contribution in [-0.2, 0) is 9.53 Å². The standard InChI is InChI=1S/C25H29FN2O3/c1-17-11-13-27(14-12-17)25(30)22-20-5-3-4-6-21(20)24(29)28(15-16-31-2)23(22)18-7-9-19(26)10-8-18/h3-10,17,22-23H,11-16H2,1-2H3. The van der Waals surface area contributed by atoms with Crippen molar-refractivity contribution in [2.24, 2.45) is 5.92 Å². The molecule has 2 aliphatic heterocycles. The molecular weight excluding hydrogens is 395 g/mol. The van der Waals surface area contributed by atoms with Crippen LogP contribution in [0, 0.1) is 11.7 Å². The van der Waals surface area contributed by atoms with Gasteiger partial charge in [-0.05, 0) is 48.1 Å². The van der Waals surface area contributed by atoms with E-state index >= 15 is 0 Å². The lowest BCUT2D eigenvalue weighted by Gasteiger charge is -2.44. The maximum Gasteiger partial charge on any atom is 0.254 e. The molecule has 2 amide bonds. The smallest absolute Gasteiger partial charge is 0.254 e. The Morgan fingerprint density at radius 1 is 1.10 bits per heavy atom. The maximum atomic E-state index is 13.9. The van der Waals surface area contributed by atoms with Crippen LogP contribution >= 0.6 is 0 Å². The van der Waals surface area contributed by atoms with Gasteiger partial charge in [-0.25, -0.2) is 4.39 Å². The molecule has 1 fully saturated rings. The monoisotopic (exact) mass is 424 g/mol. The molecule has 0 radical (unpaired) electrons. The summed E-state index contributed by atoms with van der Waals surface area (Å²) in [5.41, 5.74) is 2.06. The fourth-order valence-corrected chi connectivity index (χ4v) is 4.75. The Hall–Kier alpha value is -2.73. The molecule has 0 saturated carbocycles. The lowest BCUT2D eigenvalue weighted by atomic mass is 9.78. The molecule has 2 aromatic rings. The van der Waals surface area contributed by atoms with Gasteiger partial charge in [-0.15, -0.1) is 0 Å². The molecular formula is C25H29FN2O3. The number of carbonyl (C=O) groups excluding carboxylic acids is 2. The second kappa shape index (κ2) is 9.18. The molecule has 0 aromatic heterocycles. The highest BCUT2D eigenvalue weighted by atomic mass is 19.1. The number of amides is 2. The molecule has 2 unspecified atom stereocenters. The number of methoxy groups -OCH3 is 1. The maximum absolute atomic E-state index is 13.9. The van der Waals surface area contributed by atoms with Gasteiger partial charge in [-0.3, -0.25) is 9.59 Å². The third-order valence-electron chi connectivity index (χ3n) is 6.55. The van der Waals surface area contributed by atoms with Crippen molar-refractivity contribution in [3.63, 3.8) is 0 Å². The zero-order valence-electron chi connectivity index (χ0n) is 18.1. The van der Waals surface area contributed by atoms with Crippen LogP contribution in [0.15, 0.2) is 48.5 Å². The second-order valence-electron chi connectivity index (χ2n) is 8.56. The average molecular weight is 425 g/mol. The summed E-state index contributed by atoms with van der Waals surface area (Å²) in [6.45, 7) is 4.37. The van der Waals surface area contributed by atoms with E-state index in [1.165, 1.54) is 12.1 Å². The summed E-state index contributed by atoms with van der Waals surface area (Å²) in [7, 11) is 1.59. The normalized spacial score (nSPS) is 21.8. The summed E-state index contributed by atoms with van der Waals surface area (Å²) in [4.78, 5) is 31.0. The zero-order valence-corrected chi connectivity index (χ0v) is 18.1. The number of likely N-dealkylation sites (tertiary alicyclic amines) is 1. The summed E-state index contributed by atoms with van der Waals surface area (Å²) in [5, 5.41) is 0. The molecule has 2 atom stereocenters. The molecule has 2 aliphatic rings. The molecule has 1 saturated heterocycles. The lowest BCUT2D eigenvalue weighted by molar-refractivity contribution is -0.136. The molecule has 6 heteroatoms. The van der Waals surface area contributed by atoms with E-state index in [1.807, 2.05) is 23.1 Å². The Morgan fingerprint density at radius 3 is 2.45 bits per heavy atom. The fourth-order valence-electron chi connectivity index (χ4n) is 4.75. The average Bonchev–Trinajstić information content (AvgIpc) is 2.79. The van der Waals surface area contributed by atoms with E-state index in [0.717, 1.165) is 37.1 Å². The summed E-state index contributed by atoms with van der Waals surface area (Å²) in [6, 6.07) is 13.0. The summed E-state index contributed by atoms with van der Waals surface area (Å²) in [5.74, 6) is -0.371. The van der Waals surface area contributed by atoms with Crippen LogP contribution in [0.4, 0.5) is 4.39 Å². The molecule has 31 heavy (non-hydrogen) atoms. The van der Waals surface area contributed by atoms with Gasteiger partial charge in [-0.1, -0.05) is 37.3 Å². The number of ether oxygens (including phenoxy) is 1. The van der Waals surface area contributed by atoms with Crippen molar-refractivity contribution < 1.29 is 18.7 Å².